The molecule has 7 heteroatoms. The van der Waals surface area contributed by atoms with E-state index in [2.05, 4.69) is 39.0 Å². The Hall–Kier alpha value is -1.63. The maximum Gasteiger partial charge on any atom is 0.323 e. The Kier molecular flexibility index (Phi) is 7.00. The van der Waals surface area contributed by atoms with Gasteiger partial charge in [-0.1, -0.05) is 13.8 Å². The van der Waals surface area contributed by atoms with Crippen molar-refractivity contribution in [3.05, 3.63) is 0 Å². The molecule has 0 radical (unpaired) electrons. The number of ether oxygens (including phenoxy) is 1. The van der Waals surface area contributed by atoms with Crippen LogP contribution in [0, 0.1) is 0 Å². The molecule has 0 aromatic carbocycles. The highest BCUT2D eigenvalue weighted by Gasteiger charge is 2.07. The zero-order valence-corrected chi connectivity index (χ0v) is 12.9. The van der Waals surface area contributed by atoms with E-state index in [-0.39, 0.29) is 18.1 Å². The fourth-order valence-electron chi connectivity index (χ4n) is 1.76. The van der Waals surface area contributed by atoms with E-state index in [4.69, 9.17) is 10.5 Å². The van der Waals surface area contributed by atoms with Gasteiger partial charge in [-0.2, -0.15) is 15.0 Å². The highest BCUT2D eigenvalue weighted by atomic mass is 16.5. The molecule has 0 aliphatic rings. The highest BCUT2D eigenvalue weighted by Crippen LogP contribution is 2.10. The van der Waals surface area contributed by atoms with Crippen LogP contribution in [-0.4, -0.2) is 52.1 Å². The van der Waals surface area contributed by atoms with E-state index in [9.17, 15) is 0 Å². The molecule has 3 N–H and O–H groups in total. The van der Waals surface area contributed by atoms with Gasteiger partial charge in [-0.3, -0.25) is 0 Å². The number of nitrogen functional groups attached to an aromatic ring is 1. The van der Waals surface area contributed by atoms with Crippen molar-refractivity contribution in [2.75, 3.05) is 37.2 Å². The number of rotatable bonds is 9. The Bertz CT molecular complexity index is 394. The van der Waals surface area contributed by atoms with E-state index in [1.54, 1.807) is 0 Å². The molecule has 0 atom stereocenters. The highest BCUT2D eigenvalue weighted by molar-refractivity contribution is 5.32. The molecule has 0 saturated heterocycles. The van der Waals surface area contributed by atoms with Crippen molar-refractivity contribution in [1.29, 1.82) is 0 Å². The SMILES string of the molecule is CCN(CC)CCCNc1nc(N)nc(OC(C)C)n1. The molecule has 0 spiro atoms. The molecule has 7 nitrogen and oxygen atoms in total. The summed E-state index contributed by atoms with van der Waals surface area (Å²) in [5.74, 6) is 0.634. The topological polar surface area (TPSA) is 89.2 Å². The van der Waals surface area contributed by atoms with Crippen LogP contribution < -0.4 is 15.8 Å². The molecular weight excluding hydrogens is 256 g/mol. The van der Waals surface area contributed by atoms with Crippen LogP contribution in [0.5, 0.6) is 6.01 Å². The predicted octanol–water partition coefficient (Wildman–Crippen LogP) is 1.38. The van der Waals surface area contributed by atoms with E-state index < -0.39 is 0 Å². The molecule has 114 valence electrons. The molecule has 1 rings (SSSR count). The van der Waals surface area contributed by atoms with Crippen LogP contribution in [0.15, 0.2) is 0 Å². The van der Waals surface area contributed by atoms with Crippen LogP contribution in [0.25, 0.3) is 0 Å². The fourth-order valence-corrected chi connectivity index (χ4v) is 1.76. The van der Waals surface area contributed by atoms with Crippen molar-refractivity contribution in [3.8, 4) is 6.01 Å². The van der Waals surface area contributed by atoms with Crippen LogP contribution in [0.3, 0.4) is 0 Å². The lowest BCUT2D eigenvalue weighted by Gasteiger charge is -2.17. The average molecular weight is 282 g/mol. The normalized spacial score (nSPS) is 11.1. The summed E-state index contributed by atoms with van der Waals surface area (Å²) in [4.78, 5) is 14.5. The first-order chi connectivity index (χ1) is 9.55. The van der Waals surface area contributed by atoms with Gasteiger partial charge in [0.05, 0.1) is 6.10 Å². The van der Waals surface area contributed by atoms with E-state index in [1.807, 2.05) is 13.8 Å². The summed E-state index contributed by atoms with van der Waals surface area (Å²) in [7, 11) is 0. The number of nitrogens with two attached hydrogens (primary N) is 1. The lowest BCUT2D eigenvalue weighted by molar-refractivity contribution is 0.222. The van der Waals surface area contributed by atoms with Gasteiger partial charge >= 0.3 is 6.01 Å². The number of hydrogen-bond acceptors (Lipinski definition) is 7. The Morgan fingerprint density at radius 2 is 1.90 bits per heavy atom. The summed E-state index contributed by atoms with van der Waals surface area (Å²) >= 11 is 0. The van der Waals surface area contributed by atoms with Crippen LogP contribution in [-0.2, 0) is 0 Å². The van der Waals surface area contributed by atoms with Gasteiger partial charge in [-0.25, -0.2) is 0 Å². The number of nitrogens with zero attached hydrogens (tertiary/aromatic N) is 4. The predicted molar refractivity (Wildman–Crippen MR) is 80.9 cm³/mol. The first-order valence-corrected chi connectivity index (χ1v) is 7.19. The van der Waals surface area contributed by atoms with Gasteiger partial charge in [0.15, 0.2) is 0 Å². The maximum absolute atomic E-state index is 5.64. The second-order valence-corrected chi connectivity index (χ2v) is 4.77. The third-order valence-electron chi connectivity index (χ3n) is 2.80. The number of anilines is 2. The van der Waals surface area contributed by atoms with Gasteiger partial charge in [0.25, 0.3) is 0 Å². The van der Waals surface area contributed by atoms with Crippen molar-refractivity contribution in [2.24, 2.45) is 0 Å². The van der Waals surface area contributed by atoms with E-state index in [0.29, 0.717) is 5.95 Å². The number of nitrogens with one attached hydrogen (secondary N) is 1. The lowest BCUT2D eigenvalue weighted by Crippen LogP contribution is -2.25. The molecule has 20 heavy (non-hydrogen) atoms. The minimum atomic E-state index is 0.00677. The zero-order chi connectivity index (χ0) is 15.0. The minimum Gasteiger partial charge on any atom is -0.461 e. The fraction of sp³-hybridized carbons (Fsp3) is 0.769. The summed E-state index contributed by atoms with van der Waals surface area (Å²) < 4.78 is 5.42. The zero-order valence-electron chi connectivity index (χ0n) is 12.9. The minimum absolute atomic E-state index is 0.00677. The Balaban J connectivity index is 2.45. The average Bonchev–Trinajstić information content (AvgIpc) is 2.37. The number of hydrogen-bond donors (Lipinski definition) is 2. The van der Waals surface area contributed by atoms with Crippen LogP contribution in [0.1, 0.15) is 34.1 Å². The quantitative estimate of drug-likeness (QED) is 0.661. The Morgan fingerprint density at radius 1 is 1.20 bits per heavy atom. The van der Waals surface area contributed by atoms with Gasteiger partial charge in [0, 0.05) is 6.54 Å². The standard InChI is InChI=1S/C13H26N6O/c1-5-19(6-2)9-7-8-15-12-16-11(14)17-13(18-12)20-10(3)4/h10H,5-9H2,1-4H3,(H3,14,15,16,17,18). The molecule has 0 saturated carbocycles. The maximum atomic E-state index is 5.64. The second-order valence-electron chi connectivity index (χ2n) is 4.77. The molecule has 1 aromatic heterocycles. The summed E-state index contributed by atoms with van der Waals surface area (Å²) in [5.41, 5.74) is 5.64. The Morgan fingerprint density at radius 3 is 2.50 bits per heavy atom. The Labute approximate surface area is 121 Å². The van der Waals surface area contributed by atoms with Gasteiger partial charge in [0.2, 0.25) is 11.9 Å². The smallest absolute Gasteiger partial charge is 0.323 e. The third kappa shape index (κ3) is 6.01. The van der Waals surface area contributed by atoms with Gasteiger partial charge in [-0.15, -0.1) is 0 Å². The van der Waals surface area contributed by atoms with Crippen LogP contribution >= 0.6 is 0 Å². The molecule has 1 aromatic rings. The molecule has 0 aliphatic carbocycles. The first-order valence-electron chi connectivity index (χ1n) is 7.19. The van der Waals surface area contributed by atoms with Crippen molar-refractivity contribution >= 4 is 11.9 Å². The van der Waals surface area contributed by atoms with E-state index >= 15 is 0 Å². The molecular formula is C13H26N6O. The summed E-state index contributed by atoms with van der Waals surface area (Å²) in [6.45, 7) is 12.1. The molecule has 0 aliphatic heterocycles. The summed E-state index contributed by atoms with van der Waals surface area (Å²) in [6, 6.07) is 0.263. The molecule has 0 amide bonds. The van der Waals surface area contributed by atoms with Crippen molar-refractivity contribution in [2.45, 2.75) is 40.2 Å². The summed E-state index contributed by atoms with van der Waals surface area (Å²) in [5, 5.41) is 3.15. The number of aromatic nitrogens is 3. The molecule has 0 fully saturated rings. The second kappa shape index (κ2) is 8.52. The van der Waals surface area contributed by atoms with Crippen molar-refractivity contribution < 1.29 is 4.74 Å². The van der Waals surface area contributed by atoms with Crippen molar-refractivity contribution in [3.63, 3.8) is 0 Å². The van der Waals surface area contributed by atoms with E-state index in [1.165, 1.54) is 0 Å². The van der Waals surface area contributed by atoms with E-state index in [0.717, 1.165) is 32.6 Å². The van der Waals surface area contributed by atoms with Crippen LogP contribution in [0.2, 0.25) is 0 Å². The van der Waals surface area contributed by atoms with Gasteiger partial charge in [-0.05, 0) is 39.9 Å². The van der Waals surface area contributed by atoms with Crippen molar-refractivity contribution in [1.82, 2.24) is 19.9 Å². The third-order valence-corrected chi connectivity index (χ3v) is 2.80. The largest absolute Gasteiger partial charge is 0.461 e. The summed E-state index contributed by atoms with van der Waals surface area (Å²) in [6.07, 6.45) is 1.03. The molecule has 0 unspecified atom stereocenters. The van der Waals surface area contributed by atoms with Gasteiger partial charge < -0.3 is 20.7 Å². The monoisotopic (exact) mass is 282 g/mol. The lowest BCUT2D eigenvalue weighted by atomic mass is 10.3. The molecule has 0 bridgehead atoms. The first kappa shape index (κ1) is 16.4. The molecule has 1 heterocycles. The van der Waals surface area contributed by atoms with Crippen LogP contribution in [0.4, 0.5) is 11.9 Å². The van der Waals surface area contributed by atoms with Gasteiger partial charge in [0.1, 0.15) is 0 Å².